The predicted molar refractivity (Wildman–Crippen MR) is 92.9 cm³/mol. The molecule has 0 aromatic carbocycles. The zero-order chi connectivity index (χ0) is 17.2. The Morgan fingerprint density at radius 2 is 1.92 bits per heavy atom. The molecule has 0 heterocycles. The number of aliphatic hydroxyl groups is 2. The van der Waals surface area contributed by atoms with E-state index >= 15 is 0 Å². The number of aliphatic hydroxyl groups excluding tert-OH is 1. The number of nitriles is 1. The van der Waals surface area contributed by atoms with Crippen molar-refractivity contribution in [1.82, 2.24) is 0 Å². The largest absolute Gasteiger partial charge is 0.393 e. The van der Waals surface area contributed by atoms with Gasteiger partial charge in [0.1, 0.15) is 0 Å². The van der Waals surface area contributed by atoms with Crippen LogP contribution in [0.2, 0.25) is 0 Å². The van der Waals surface area contributed by atoms with Gasteiger partial charge in [-0.3, -0.25) is 0 Å². The van der Waals surface area contributed by atoms with Crippen LogP contribution in [0.3, 0.4) is 0 Å². The molecule has 7 atom stereocenters. The van der Waals surface area contributed by atoms with Crippen molar-refractivity contribution in [1.29, 1.82) is 5.26 Å². The average molecular weight is 329 g/mol. The van der Waals surface area contributed by atoms with Gasteiger partial charge in [0.15, 0.2) is 5.60 Å². The monoisotopic (exact) mass is 329 g/mol. The molecule has 4 rings (SSSR count). The van der Waals surface area contributed by atoms with Crippen LogP contribution < -0.4 is 0 Å². The fourth-order valence-electron chi connectivity index (χ4n) is 7.05. The van der Waals surface area contributed by atoms with Crippen molar-refractivity contribution in [2.75, 3.05) is 0 Å². The standard InChI is InChI=1S/C21H31NO2/c1-19-10-7-15(23)12-14(19)5-6-16-17(19)8-11-20(2)18(16)4-3-9-21(20,24)13-22/h5,15-18,23-24H,3-4,6-12H2,1-2H3/t15-,16-,17+,18-,19+,20-,21+/m1/s1. The minimum Gasteiger partial charge on any atom is -0.393 e. The molecule has 0 spiro atoms. The first-order valence-corrected chi connectivity index (χ1v) is 9.85. The Morgan fingerprint density at radius 1 is 1.12 bits per heavy atom. The first kappa shape index (κ1) is 16.6. The Bertz CT molecular complexity index is 607. The highest BCUT2D eigenvalue weighted by molar-refractivity contribution is 5.27. The van der Waals surface area contributed by atoms with Crippen LogP contribution in [0.5, 0.6) is 0 Å². The van der Waals surface area contributed by atoms with Gasteiger partial charge in [-0.05, 0) is 81.0 Å². The molecule has 3 heteroatoms. The summed E-state index contributed by atoms with van der Waals surface area (Å²) in [5.74, 6) is 1.70. The van der Waals surface area contributed by atoms with Gasteiger partial charge in [-0.15, -0.1) is 0 Å². The van der Waals surface area contributed by atoms with Gasteiger partial charge in [0, 0.05) is 5.41 Å². The van der Waals surface area contributed by atoms with Crippen LogP contribution in [-0.2, 0) is 0 Å². The molecule has 24 heavy (non-hydrogen) atoms. The maximum Gasteiger partial charge on any atom is 0.156 e. The summed E-state index contributed by atoms with van der Waals surface area (Å²) in [4.78, 5) is 0. The molecule has 0 saturated heterocycles. The van der Waals surface area contributed by atoms with Crippen LogP contribution in [-0.4, -0.2) is 21.9 Å². The van der Waals surface area contributed by atoms with E-state index in [-0.39, 0.29) is 16.9 Å². The second-order valence-corrected chi connectivity index (χ2v) is 9.48. The van der Waals surface area contributed by atoms with Crippen LogP contribution in [0.1, 0.15) is 71.6 Å². The van der Waals surface area contributed by atoms with E-state index in [0.29, 0.717) is 24.2 Å². The molecule has 0 aliphatic heterocycles. The molecule has 0 radical (unpaired) electrons. The highest BCUT2D eigenvalue weighted by Crippen LogP contribution is 2.65. The van der Waals surface area contributed by atoms with Crippen LogP contribution >= 0.6 is 0 Å². The summed E-state index contributed by atoms with van der Waals surface area (Å²) in [5.41, 5.74) is 0.314. The Morgan fingerprint density at radius 3 is 2.67 bits per heavy atom. The molecule has 0 amide bonds. The summed E-state index contributed by atoms with van der Waals surface area (Å²) < 4.78 is 0. The van der Waals surface area contributed by atoms with Crippen molar-refractivity contribution in [2.24, 2.45) is 28.6 Å². The smallest absolute Gasteiger partial charge is 0.156 e. The van der Waals surface area contributed by atoms with Gasteiger partial charge in [-0.1, -0.05) is 25.5 Å². The molecule has 4 aliphatic carbocycles. The third kappa shape index (κ3) is 2.02. The minimum atomic E-state index is -1.14. The summed E-state index contributed by atoms with van der Waals surface area (Å²) in [6.45, 7) is 4.60. The highest BCUT2D eigenvalue weighted by Gasteiger charge is 2.62. The number of hydrogen-bond acceptors (Lipinski definition) is 3. The normalized spacial score (nSPS) is 53.9. The minimum absolute atomic E-state index is 0.159. The van der Waals surface area contributed by atoms with E-state index in [9.17, 15) is 15.5 Å². The highest BCUT2D eigenvalue weighted by atomic mass is 16.3. The molecule has 3 nitrogen and oxygen atoms in total. The van der Waals surface area contributed by atoms with Crippen molar-refractivity contribution in [3.05, 3.63) is 11.6 Å². The number of allylic oxidation sites excluding steroid dienone is 1. The van der Waals surface area contributed by atoms with E-state index in [4.69, 9.17) is 0 Å². The molecule has 2 N–H and O–H groups in total. The fraction of sp³-hybridized carbons (Fsp3) is 0.857. The lowest BCUT2D eigenvalue weighted by Crippen LogP contribution is -2.60. The maximum absolute atomic E-state index is 11.0. The van der Waals surface area contributed by atoms with E-state index < -0.39 is 5.60 Å². The zero-order valence-electron chi connectivity index (χ0n) is 15.1. The molecule has 0 unspecified atom stereocenters. The van der Waals surface area contributed by atoms with Gasteiger partial charge in [0.05, 0.1) is 12.2 Å². The van der Waals surface area contributed by atoms with Crippen molar-refractivity contribution in [3.63, 3.8) is 0 Å². The van der Waals surface area contributed by atoms with Crippen LogP contribution in [0, 0.1) is 39.9 Å². The molecular formula is C21H31NO2. The topological polar surface area (TPSA) is 64.2 Å². The summed E-state index contributed by atoms with van der Waals surface area (Å²) >= 11 is 0. The second kappa shape index (κ2) is 5.32. The van der Waals surface area contributed by atoms with E-state index in [1.54, 1.807) is 0 Å². The SMILES string of the molecule is C[C@]12CC[C@@H](O)CC1=CC[C@H]1[C@H]3CCC[C@](O)(C#N)[C@]3(C)CC[C@@H]12. The van der Waals surface area contributed by atoms with E-state index in [1.165, 1.54) is 5.57 Å². The Kier molecular flexibility index (Phi) is 3.68. The first-order valence-electron chi connectivity index (χ1n) is 9.85. The molecular weight excluding hydrogens is 298 g/mol. The van der Waals surface area contributed by atoms with Gasteiger partial charge in [0.2, 0.25) is 0 Å². The summed E-state index contributed by atoms with van der Waals surface area (Å²) in [6, 6.07) is 2.29. The predicted octanol–water partition coefficient (Wildman–Crippen LogP) is 3.95. The number of hydrogen-bond donors (Lipinski definition) is 2. The van der Waals surface area contributed by atoms with E-state index in [2.05, 4.69) is 26.0 Å². The van der Waals surface area contributed by atoms with Crippen LogP contribution in [0.25, 0.3) is 0 Å². The first-order chi connectivity index (χ1) is 11.3. The van der Waals surface area contributed by atoms with Crippen molar-refractivity contribution >= 4 is 0 Å². The van der Waals surface area contributed by atoms with Gasteiger partial charge >= 0.3 is 0 Å². The molecule has 132 valence electrons. The molecule has 3 saturated carbocycles. The quantitative estimate of drug-likeness (QED) is 0.522. The Hall–Kier alpha value is -0.850. The third-order valence-electron chi connectivity index (χ3n) is 8.65. The van der Waals surface area contributed by atoms with Crippen LogP contribution in [0.15, 0.2) is 11.6 Å². The Labute approximate surface area is 145 Å². The zero-order valence-corrected chi connectivity index (χ0v) is 15.1. The summed E-state index contributed by atoms with van der Waals surface area (Å²) in [6.07, 6.45) is 11.0. The molecule has 0 aromatic heterocycles. The summed E-state index contributed by atoms with van der Waals surface area (Å²) in [7, 11) is 0. The molecule has 0 bridgehead atoms. The number of rotatable bonds is 0. The molecule has 0 aromatic rings. The fourth-order valence-corrected chi connectivity index (χ4v) is 7.05. The second-order valence-electron chi connectivity index (χ2n) is 9.48. The van der Waals surface area contributed by atoms with Crippen molar-refractivity contribution in [2.45, 2.75) is 83.3 Å². The van der Waals surface area contributed by atoms with Crippen LogP contribution in [0.4, 0.5) is 0 Å². The van der Waals surface area contributed by atoms with Crippen molar-refractivity contribution < 1.29 is 10.2 Å². The third-order valence-corrected chi connectivity index (χ3v) is 8.65. The van der Waals surface area contributed by atoms with Gasteiger partial charge in [-0.25, -0.2) is 0 Å². The van der Waals surface area contributed by atoms with Gasteiger partial charge in [0.25, 0.3) is 0 Å². The van der Waals surface area contributed by atoms with E-state index in [0.717, 1.165) is 51.4 Å². The molecule has 4 aliphatic rings. The Balaban J connectivity index is 1.70. The number of nitrogens with zero attached hydrogens (tertiary/aromatic N) is 1. The average Bonchev–Trinajstić information content (AvgIpc) is 2.56. The van der Waals surface area contributed by atoms with Crippen molar-refractivity contribution in [3.8, 4) is 6.07 Å². The maximum atomic E-state index is 11.0. The van der Waals surface area contributed by atoms with Gasteiger partial charge < -0.3 is 10.2 Å². The van der Waals surface area contributed by atoms with Gasteiger partial charge in [-0.2, -0.15) is 5.26 Å². The lowest BCUT2D eigenvalue weighted by atomic mass is 9.43. The lowest BCUT2D eigenvalue weighted by Gasteiger charge is -2.62. The summed E-state index contributed by atoms with van der Waals surface area (Å²) in [5, 5.41) is 30.8. The van der Waals surface area contributed by atoms with E-state index in [1.807, 2.05) is 0 Å². The molecule has 3 fully saturated rings. The lowest BCUT2D eigenvalue weighted by molar-refractivity contribution is -0.160. The number of fused-ring (bicyclic) bond motifs is 5.